The minimum absolute atomic E-state index is 0.0626. The van der Waals surface area contributed by atoms with E-state index in [0.717, 1.165) is 13.0 Å². The molecule has 6 nitrogen and oxygen atoms in total. The smallest absolute Gasteiger partial charge is 0.274 e. The van der Waals surface area contributed by atoms with Gasteiger partial charge in [0.15, 0.2) is 5.69 Å². The van der Waals surface area contributed by atoms with E-state index in [9.17, 15) is 9.90 Å². The fourth-order valence-corrected chi connectivity index (χ4v) is 2.40. The molecule has 0 aliphatic carbocycles. The van der Waals surface area contributed by atoms with Gasteiger partial charge >= 0.3 is 0 Å². The predicted octanol–water partition coefficient (Wildman–Crippen LogP) is 0.262. The molecule has 18 heavy (non-hydrogen) atoms. The highest BCUT2D eigenvalue weighted by Gasteiger charge is 2.25. The molecule has 1 fully saturated rings. The Labute approximate surface area is 105 Å². The Kier molecular flexibility index (Phi) is 2.95. The molecule has 2 aliphatic heterocycles. The first kappa shape index (κ1) is 11.5. The summed E-state index contributed by atoms with van der Waals surface area (Å²) in [6, 6.07) is 1.71. The Balaban J connectivity index is 1.74. The number of nitrogens with zero attached hydrogens (tertiary/aromatic N) is 3. The molecule has 1 aromatic heterocycles. The molecule has 1 aromatic rings. The van der Waals surface area contributed by atoms with Gasteiger partial charge in [0.05, 0.1) is 12.7 Å². The number of ether oxygens (including phenoxy) is 1. The van der Waals surface area contributed by atoms with Gasteiger partial charge < -0.3 is 14.7 Å². The highest BCUT2D eigenvalue weighted by molar-refractivity contribution is 5.92. The Bertz CT molecular complexity index is 426. The summed E-state index contributed by atoms with van der Waals surface area (Å²) >= 11 is 0. The van der Waals surface area contributed by atoms with Crippen molar-refractivity contribution in [2.24, 2.45) is 0 Å². The lowest BCUT2D eigenvalue weighted by molar-refractivity contribution is 0.0540. The van der Waals surface area contributed by atoms with Crippen molar-refractivity contribution in [2.75, 3.05) is 19.7 Å². The second-order valence-corrected chi connectivity index (χ2v) is 4.82. The summed E-state index contributed by atoms with van der Waals surface area (Å²) in [6.07, 6.45) is 1.96. The fraction of sp³-hybridized carbons (Fsp3) is 0.667. The summed E-state index contributed by atoms with van der Waals surface area (Å²) in [6.45, 7) is 2.70. The van der Waals surface area contributed by atoms with Crippen LogP contribution in [-0.2, 0) is 6.54 Å². The Morgan fingerprint density at radius 2 is 2.17 bits per heavy atom. The molecule has 0 aromatic carbocycles. The van der Waals surface area contributed by atoms with Crippen molar-refractivity contribution in [3.8, 4) is 5.88 Å². The van der Waals surface area contributed by atoms with Gasteiger partial charge in [-0.15, -0.1) is 0 Å². The maximum atomic E-state index is 12.2. The summed E-state index contributed by atoms with van der Waals surface area (Å²) < 4.78 is 7.19. The molecule has 0 saturated carbocycles. The van der Waals surface area contributed by atoms with Crippen molar-refractivity contribution in [3.05, 3.63) is 11.8 Å². The summed E-state index contributed by atoms with van der Waals surface area (Å²) in [7, 11) is 0. The zero-order chi connectivity index (χ0) is 12.5. The van der Waals surface area contributed by atoms with Crippen molar-refractivity contribution in [3.63, 3.8) is 0 Å². The normalized spacial score (nSPS) is 20.4. The number of aliphatic hydroxyl groups excluding tert-OH is 1. The van der Waals surface area contributed by atoms with Gasteiger partial charge in [-0.3, -0.25) is 4.79 Å². The number of aryl methyl sites for hydroxylation is 1. The van der Waals surface area contributed by atoms with Gasteiger partial charge in [0.1, 0.15) is 0 Å². The van der Waals surface area contributed by atoms with Crippen LogP contribution in [0.4, 0.5) is 0 Å². The zero-order valence-electron chi connectivity index (χ0n) is 10.2. The van der Waals surface area contributed by atoms with Crippen molar-refractivity contribution < 1.29 is 14.6 Å². The number of amides is 1. The van der Waals surface area contributed by atoms with E-state index in [1.807, 2.05) is 0 Å². The summed E-state index contributed by atoms with van der Waals surface area (Å²) in [5.41, 5.74) is 0.447. The van der Waals surface area contributed by atoms with Crippen LogP contribution in [-0.4, -0.2) is 51.5 Å². The monoisotopic (exact) mass is 251 g/mol. The van der Waals surface area contributed by atoms with E-state index in [2.05, 4.69) is 5.10 Å². The number of aromatic nitrogens is 2. The highest BCUT2D eigenvalue weighted by Crippen LogP contribution is 2.20. The van der Waals surface area contributed by atoms with Crippen molar-refractivity contribution in [2.45, 2.75) is 31.9 Å². The Morgan fingerprint density at radius 1 is 1.39 bits per heavy atom. The zero-order valence-corrected chi connectivity index (χ0v) is 10.2. The molecule has 3 heterocycles. The Morgan fingerprint density at radius 3 is 2.89 bits per heavy atom. The lowest BCUT2D eigenvalue weighted by Crippen LogP contribution is -2.40. The SMILES string of the molecule is O=C(c1cc2n(n1)CCCO2)N1CCC(O)CC1. The van der Waals surface area contributed by atoms with Crippen LogP contribution in [0.15, 0.2) is 6.07 Å². The third-order valence-corrected chi connectivity index (χ3v) is 3.48. The molecule has 98 valence electrons. The molecule has 6 heteroatoms. The number of hydrogen-bond acceptors (Lipinski definition) is 4. The Hall–Kier alpha value is -1.56. The van der Waals surface area contributed by atoms with Crippen LogP contribution >= 0.6 is 0 Å². The number of piperidine rings is 1. The first-order chi connectivity index (χ1) is 8.74. The van der Waals surface area contributed by atoms with Crippen molar-refractivity contribution >= 4 is 5.91 Å². The van der Waals surface area contributed by atoms with Crippen LogP contribution in [0.2, 0.25) is 0 Å². The van der Waals surface area contributed by atoms with Crippen LogP contribution in [0.3, 0.4) is 0 Å². The van der Waals surface area contributed by atoms with E-state index in [-0.39, 0.29) is 12.0 Å². The van der Waals surface area contributed by atoms with Crippen LogP contribution in [0.5, 0.6) is 5.88 Å². The molecule has 1 N–H and O–H groups in total. The van der Waals surface area contributed by atoms with E-state index in [1.54, 1.807) is 15.6 Å². The first-order valence-electron chi connectivity index (χ1n) is 6.42. The summed E-state index contributed by atoms with van der Waals surface area (Å²) in [5, 5.41) is 13.7. The van der Waals surface area contributed by atoms with Gasteiger partial charge in [-0.05, 0) is 12.8 Å². The average Bonchev–Trinajstić information content (AvgIpc) is 2.82. The number of aliphatic hydroxyl groups is 1. The van der Waals surface area contributed by atoms with Gasteiger partial charge in [-0.2, -0.15) is 5.10 Å². The molecule has 3 rings (SSSR count). The predicted molar refractivity (Wildman–Crippen MR) is 63.5 cm³/mol. The number of rotatable bonds is 1. The van der Waals surface area contributed by atoms with Crippen LogP contribution in [0.1, 0.15) is 29.8 Å². The molecule has 0 unspecified atom stereocenters. The maximum Gasteiger partial charge on any atom is 0.274 e. The van der Waals surface area contributed by atoms with E-state index in [4.69, 9.17) is 4.74 Å². The first-order valence-corrected chi connectivity index (χ1v) is 6.42. The maximum absolute atomic E-state index is 12.2. The van der Waals surface area contributed by atoms with Crippen molar-refractivity contribution in [1.82, 2.24) is 14.7 Å². The molecule has 0 bridgehead atoms. The fourth-order valence-electron chi connectivity index (χ4n) is 2.40. The average molecular weight is 251 g/mol. The van der Waals surface area contributed by atoms with Gasteiger partial charge in [0.2, 0.25) is 5.88 Å². The molecule has 1 saturated heterocycles. The second-order valence-electron chi connectivity index (χ2n) is 4.82. The lowest BCUT2D eigenvalue weighted by atomic mass is 10.1. The third kappa shape index (κ3) is 2.08. The second kappa shape index (κ2) is 4.61. The van der Waals surface area contributed by atoms with Gasteiger partial charge in [-0.25, -0.2) is 4.68 Å². The largest absolute Gasteiger partial charge is 0.478 e. The number of fused-ring (bicyclic) bond motifs is 1. The minimum Gasteiger partial charge on any atom is -0.478 e. The summed E-state index contributed by atoms with van der Waals surface area (Å²) in [4.78, 5) is 14.0. The number of likely N-dealkylation sites (tertiary alicyclic amines) is 1. The molecular formula is C12H17N3O3. The van der Waals surface area contributed by atoms with Gasteiger partial charge in [0, 0.05) is 32.1 Å². The standard InChI is InChI=1S/C12H17N3O3/c16-9-2-5-14(6-3-9)12(17)10-8-11-15(13-10)4-1-7-18-11/h8-9,16H,1-7H2. The van der Waals surface area contributed by atoms with Crippen LogP contribution in [0, 0.1) is 0 Å². The van der Waals surface area contributed by atoms with E-state index < -0.39 is 0 Å². The summed E-state index contributed by atoms with van der Waals surface area (Å²) in [5.74, 6) is 0.619. The van der Waals surface area contributed by atoms with E-state index in [1.165, 1.54) is 0 Å². The molecule has 2 aliphatic rings. The molecule has 0 spiro atoms. The molecule has 1 amide bonds. The third-order valence-electron chi connectivity index (χ3n) is 3.48. The number of hydrogen-bond donors (Lipinski definition) is 1. The van der Waals surface area contributed by atoms with Crippen molar-refractivity contribution in [1.29, 1.82) is 0 Å². The van der Waals surface area contributed by atoms with Crippen LogP contribution in [0.25, 0.3) is 0 Å². The topological polar surface area (TPSA) is 67.6 Å². The number of carbonyl (C=O) groups excluding carboxylic acids is 1. The lowest BCUT2D eigenvalue weighted by Gasteiger charge is -2.28. The van der Waals surface area contributed by atoms with Gasteiger partial charge in [-0.1, -0.05) is 0 Å². The van der Waals surface area contributed by atoms with E-state index >= 15 is 0 Å². The van der Waals surface area contributed by atoms with E-state index in [0.29, 0.717) is 44.1 Å². The highest BCUT2D eigenvalue weighted by atomic mass is 16.5. The quantitative estimate of drug-likeness (QED) is 0.777. The van der Waals surface area contributed by atoms with Gasteiger partial charge in [0.25, 0.3) is 5.91 Å². The molecular weight excluding hydrogens is 234 g/mol. The molecule has 0 radical (unpaired) electrons. The number of carbonyl (C=O) groups is 1. The minimum atomic E-state index is -0.271. The molecule has 0 atom stereocenters. The van der Waals surface area contributed by atoms with Crippen LogP contribution < -0.4 is 4.74 Å².